The maximum Gasteiger partial charge on any atom is 0.192 e. The van der Waals surface area contributed by atoms with E-state index in [1.54, 1.807) is 0 Å². The van der Waals surface area contributed by atoms with Gasteiger partial charge in [0.25, 0.3) is 0 Å². The summed E-state index contributed by atoms with van der Waals surface area (Å²) in [6.07, 6.45) is -2.09. The molecule has 4 nitrogen and oxygen atoms in total. The molecule has 1 aliphatic rings. The van der Waals surface area contributed by atoms with Crippen molar-refractivity contribution in [2.45, 2.75) is 102 Å². The summed E-state index contributed by atoms with van der Waals surface area (Å²) in [4.78, 5) is 0. The van der Waals surface area contributed by atoms with E-state index in [-0.39, 0.29) is 16.2 Å². The maximum atomic E-state index is 11.9. The van der Waals surface area contributed by atoms with Crippen LogP contribution >= 0.6 is 0 Å². The highest BCUT2D eigenvalue weighted by Crippen LogP contribution is 2.45. The van der Waals surface area contributed by atoms with Crippen LogP contribution < -0.4 is 0 Å². The molecule has 0 radical (unpaired) electrons. The van der Waals surface area contributed by atoms with Gasteiger partial charge in [0.1, 0.15) is 24.4 Å². The number of rotatable bonds is 7. The van der Waals surface area contributed by atoms with Gasteiger partial charge in [0.05, 0.1) is 6.61 Å². The van der Waals surface area contributed by atoms with Gasteiger partial charge in [0.2, 0.25) is 0 Å². The Bertz CT molecular complexity index is 1270. The van der Waals surface area contributed by atoms with E-state index in [2.05, 4.69) is 128 Å². The van der Waals surface area contributed by atoms with Crippen molar-refractivity contribution in [3.8, 4) is 11.1 Å². The summed E-state index contributed by atoms with van der Waals surface area (Å²) in [7, 11) is -4.20. The quantitative estimate of drug-likeness (QED) is 0.292. The van der Waals surface area contributed by atoms with Gasteiger partial charge in [-0.1, -0.05) is 108 Å². The molecule has 1 N–H and O–H groups in total. The lowest BCUT2D eigenvalue weighted by Crippen LogP contribution is -2.51. The fraction of sp³-hybridized carbons (Fsp3) is 0.515. The van der Waals surface area contributed by atoms with Crippen LogP contribution in [0.1, 0.15) is 53.2 Å². The highest BCUT2D eigenvalue weighted by atomic mass is 28.4. The molecule has 39 heavy (non-hydrogen) atoms. The molecule has 3 aromatic carbocycles. The van der Waals surface area contributed by atoms with Crippen LogP contribution in [-0.4, -0.2) is 46.7 Å². The lowest BCUT2D eigenvalue weighted by Gasteiger charge is -2.41. The zero-order valence-electron chi connectivity index (χ0n) is 25.5. The Morgan fingerprint density at radius 1 is 0.744 bits per heavy atom. The monoisotopic (exact) mass is 564 g/mol. The average Bonchev–Trinajstić information content (AvgIpc) is 3.15. The fourth-order valence-corrected chi connectivity index (χ4v) is 7.09. The summed E-state index contributed by atoms with van der Waals surface area (Å²) >= 11 is 0. The van der Waals surface area contributed by atoms with E-state index in [0.29, 0.717) is 6.61 Å². The van der Waals surface area contributed by atoms with Crippen LogP contribution in [0.4, 0.5) is 0 Å². The second kappa shape index (κ2) is 10.9. The molecule has 0 unspecified atom stereocenters. The summed E-state index contributed by atoms with van der Waals surface area (Å²) < 4.78 is 20.3. The molecule has 4 rings (SSSR count). The lowest BCUT2D eigenvalue weighted by molar-refractivity contribution is -0.0170. The van der Waals surface area contributed by atoms with E-state index in [0.717, 1.165) is 16.3 Å². The number of hydrogen-bond acceptors (Lipinski definition) is 4. The topological polar surface area (TPSA) is 47.9 Å². The number of benzene rings is 3. The first-order valence-corrected chi connectivity index (χ1v) is 20.1. The van der Waals surface area contributed by atoms with Crippen molar-refractivity contribution in [2.75, 3.05) is 6.61 Å². The van der Waals surface area contributed by atoms with Crippen molar-refractivity contribution in [1.82, 2.24) is 0 Å². The lowest BCUT2D eigenvalue weighted by atomic mass is 9.92. The zero-order chi connectivity index (χ0) is 28.8. The normalized spacial score (nSPS) is 22.9. The van der Waals surface area contributed by atoms with Crippen LogP contribution in [0.5, 0.6) is 0 Å². The summed E-state index contributed by atoms with van der Waals surface area (Å²) in [6, 6.07) is 23.2. The SMILES string of the molecule is CC(C)(C)[Si](C)(C)OC[C@H]1O[C@@H](c2cccc3c(-c4ccccc4)cccc23)[C@@H](O)[C@@H]1O[Si](C)(C)C(C)(C)C. The third-order valence-corrected chi connectivity index (χ3v) is 18.3. The van der Waals surface area contributed by atoms with Gasteiger partial charge in [-0.2, -0.15) is 0 Å². The molecule has 6 heteroatoms. The van der Waals surface area contributed by atoms with E-state index in [9.17, 15) is 5.11 Å². The predicted octanol–water partition coefficient (Wildman–Crippen LogP) is 8.72. The molecule has 4 atom stereocenters. The number of aliphatic hydroxyl groups excluding tert-OH is 1. The molecule has 0 saturated carbocycles. The molecule has 0 amide bonds. The predicted molar refractivity (Wildman–Crippen MR) is 168 cm³/mol. The van der Waals surface area contributed by atoms with Gasteiger partial charge in [-0.05, 0) is 63.7 Å². The minimum atomic E-state index is -2.19. The second-order valence-electron chi connectivity index (χ2n) is 14.1. The fourth-order valence-electron chi connectivity index (χ4n) is 4.75. The average molecular weight is 565 g/mol. The second-order valence-corrected chi connectivity index (χ2v) is 23.7. The molecule has 1 heterocycles. The smallest absolute Gasteiger partial charge is 0.192 e. The van der Waals surface area contributed by atoms with E-state index >= 15 is 0 Å². The molecular weight excluding hydrogens is 517 g/mol. The van der Waals surface area contributed by atoms with Crippen molar-refractivity contribution < 1.29 is 18.7 Å². The van der Waals surface area contributed by atoms with Crippen molar-refractivity contribution in [3.05, 3.63) is 72.3 Å². The molecule has 1 saturated heterocycles. The highest BCUT2D eigenvalue weighted by molar-refractivity contribution is 6.74. The van der Waals surface area contributed by atoms with Gasteiger partial charge in [-0.15, -0.1) is 0 Å². The van der Waals surface area contributed by atoms with Crippen molar-refractivity contribution in [3.63, 3.8) is 0 Å². The largest absolute Gasteiger partial charge is 0.414 e. The molecular formula is C33H48O4Si2. The minimum Gasteiger partial charge on any atom is -0.414 e. The van der Waals surface area contributed by atoms with Crippen LogP contribution in [0.15, 0.2) is 66.7 Å². The zero-order valence-corrected chi connectivity index (χ0v) is 27.5. The van der Waals surface area contributed by atoms with Crippen molar-refractivity contribution in [1.29, 1.82) is 0 Å². The van der Waals surface area contributed by atoms with Crippen molar-refractivity contribution >= 4 is 27.4 Å². The number of hydrogen-bond donors (Lipinski definition) is 1. The van der Waals surface area contributed by atoms with E-state index in [1.165, 1.54) is 11.1 Å². The first kappa shape index (κ1) is 30.2. The highest BCUT2D eigenvalue weighted by Gasteiger charge is 2.51. The van der Waals surface area contributed by atoms with Gasteiger partial charge in [0.15, 0.2) is 16.6 Å². The first-order chi connectivity index (χ1) is 18.0. The summed E-state index contributed by atoms with van der Waals surface area (Å²) in [6.45, 7) is 22.9. The van der Waals surface area contributed by atoms with Gasteiger partial charge in [-0.3, -0.25) is 0 Å². The molecule has 0 aliphatic carbocycles. The van der Waals surface area contributed by atoms with Gasteiger partial charge < -0.3 is 18.7 Å². The van der Waals surface area contributed by atoms with Gasteiger partial charge >= 0.3 is 0 Å². The third kappa shape index (κ3) is 6.11. The maximum absolute atomic E-state index is 11.9. The van der Waals surface area contributed by atoms with Crippen LogP contribution in [0, 0.1) is 0 Å². The van der Waals surface area contributed by atoms with E-state index in [4.69, 9.17) is 13.6 Å². The summed E-state index contributed by atoms with van der Waals surface area (Å²) in [5, 5.41) is 14.2. The molecule has 3 aromatic rings. The Hall–Kier alpha value is -1.81. The van der Waals surface area contributed by atoms with Crippen molar-refractivity contribution in [2.24, 2.45) is 0 Å². The molecule has 212 valence electrons. The molecule has 0 aromatic heterocycles. The number of fused-ring (bicyclic) bond motifs is 1. The van der Waals surface area contributed by atoms with Crippen LogP contribution in [0.3, 0.4) is 0 Å². The standard InChI is InChI=1S/C33H48O4Si2/c1-32(2,3)38(7,8)35-22-28-31(37-39(9,10)33(4,5)6)29(34)30(36-28)27-21-15-19-25-24(18-14-20-26(25)27)23-16-12-11-13-17-23/h11-21,28-31,34H,22H2,1-10H3/t28-,29-,30+,31-/m1/s1. The Labute approximate surface area is 238 Å². The van der Waals surface area contributed by atoms with E-state index < -0.39 is 34.9 Å². The van der Waals surface area contributed by atoms with Crippen LogP contribution in [0.25, 0.3) is 21.9 Å². The van der Waals surface area contributed by atoms with E-state index in [1.807, 2.05) is 6.07 Å². The molecule has 1 fully saturated rings. The number of aliphatic hydroxyl groups is 1. The van der Waals surface area contributed by atoms with Crippen LogP contribution in [0.2, 0.25) is 36.3 Å². The summed E-state index contributed by atoms with van der Waals surface area (Å²) in [5.41, 5.74) is 3.35. The molecule has 1 aliphatic heterocycles. The van der Waals surface area contributed by atoms with Gasteiger partial charge in [-0.25, -0.2) is 0 Å². The Kier molecular flexibility index (Phi) is 8.41. The molecule has 0 spiro atoms. The molecule has 0 bridgehead atoms. The minimum absolute atomic E-state index is 0.0136. The Balaban J connectivity index is 1.73. The third-order valence-electron chi connectivity index (χ3n) is 9.33. The Morgan fingerprint density at radius 3 is 1.95 bits per heavy atom. The Morgan fingerprint density at radius 2 is 1.33 bits per heavy atom. The van der Waals surface area contributed by atoms with Gasteiger partial charge in [0, 0.05) is 0 Å². The first-order valence-electron chi connectivity index (χ1n) is 14.3. The summed E-state index contributed by atoms with van der Waals surface area (Å²) in [5.74, 6) is 0. The van der Waals surface area contributed by atoms with Crippen LogP contribution in [-0.2, 0) is 13.6 Å². The number of ether oxygens (including phenoxy) is 1.